The number of benzene rings is 1. The molecule has 0 bridgehead atoms. The van der Waals surface area contributed by atoms with E-state index < -0.39 is 0 Å². The van der Waals surface area contributed by atoms with Gasteiger partial charge in [0.25, 0.3) is 5.91 Å². The molecular formula is C17H24N6O. The Bertz CT molecular complexity index is 690. The van der Waals surface area contributed by atoms with E-state index in [0.29, 0.717) is 5.56 Å². The Kier molecular flexibility index (Phi) is 5.22. The van der Waals surface area contributed by atoms with Crippen LogP contribution in [-0.4, -0.2) is 64.1 Å². The Hall–Kier alpha value is -2.25. The lowest BCUT2D eigenvalue weighted by Gasteiger charge is -2.34. The van der Waals surface area contributed by atoms with E-state index in [9.17, 15) is 4.79 Å². The van der Waals surface area contributed by atoms with E-state index in [1.807, 2.05) is 25.1 Å². The van der Waals surface area contributed by atoms with Crippen LogP contribution < -0.4 is 5.32 Å². The first-order valence-electron chi connectivity index (χ1n) is 8.27. The van der Waals surface area contributed by atoms with E-state index in [2.05, 4.69) is 36.4 Å². The first-order chi connectivity index (χ1) is 11.6. The molecule has 1 saturated heterocycles. The molecule has 0 aliphatic carbocycles. The monoisotopic (exact) mass is 328 g/mol. The van der Waals surface area contributed by atoms with Crippen LogP contribution in [0.2, 0.25) is 0 Å². The number of aryl methyl sites for hydroxylation is 1. The van der Waals surface area contributed by atoms with Crippen molar-refractivity contribution < 1.29 is 4.79 Å². The van der Waals surface area contributed by atoms with Crippen molar-refractivity contribution in [3.05, 3.63) is 47.0 Å². The van der Waals surface area contributed by atoms with Gasteiger partial charge in [-0.2, -0.15) is 5.10 Å². The van der Waals surface area contributed by atoms with E-state index in [0.717, 1.165) is 50.9 Å². The molecule has 24 heavy (non-hydrogen) atoms. The Balaban J connectivity index is 1.51. The van der Waals surface area contributed by atoms with Crippen LogP contribution in [0.25, 0.3) is 0 Å². The molecule has 1 fully saturated rings. The van der Waals surface area contributed by atoms with E-state index in [4.69, 9.17) is 0 Å². The summed E-state index contributed by atoms with van der Waals surface area (Å²) in [6, 6.07) is 7.84. The molecule has 7 nitrogen and oxygen atoms in total. The summed E-state index contributed by atoms with van der Waals surface area (Å²) in [6.45, 7) is 7.61. The number of hydrogen-bond donors (Lipinski definition) is 2. The van der Waals surface area contributed by atoms with Crippen molar-refractivity contribution in [1.82, 2.24) is 30.3 Å². The maximum absolute atomic E-state index is 11.7. The van der Waals surface area contributed by atoms with Crippen molar-refractivity contribution in [3.8, 4) is 0 Å². The topological polar surface area (TPSA) is 77.2 Å². The number of aromatic nitrogens is 3. The summed E-state index contributed by atoms with van der Waals surface area (Å²) in [5.41, 5.74) is 1.89. The Morgan fingerprint density at radius 1 is 1.21 bits per heavy atom. The number of rotatable bonds is 5. The number of aromatic amines is 1. The summed E-state index contributed by atoms with van der Waals surface area (Å²) >= 11 is 0. The number of amides is 1. The van der Waals surface area contributed by atoms with Gasteiger partial charge in [-0.3, -0.25) is 19.7 Å². The Morgan fingerprint density at radius 3 is 2.54 bits per heavy atom. The van der Waals surface area contributed by atoms with Crippen LogP contribution in [0, 0.1) is 6.92 Å². The van der Waals surface area contributed by atoms with Crippen LogP contribution in [0.1, 0.15) is 27.6 Å². The van der Waals surface area contributed by atoms with Crippen LogP contribution in [0.15, 0.2) is 24.3 Å². The zero-order chi connectivity index (χ0) is 16.9. The maximum Gasteiger partial charge on any atom is 0.251 e. The first kappa shape index (κ1) is 16.6. The highest BCUT2D eigenvalue weighted by Gasteiger charge is 2.18. The van der Waals surface area contributed by atoms with Crippen molar-refractivity contribution in [3.63, 3.8) is 0 Å². The predicted molar refractivity (Wildman–Crippen MR) is 91.5 cm³/mol. The first-order valence-corrected chi connectivity index (χ1v) is 8.27. The molecule has 7 heteroatoms. The van der Waals surface area contributed by atoms with Crippen molar-refractivity contribution >= 4 is 5.91 Å². The third-order valence-electron chi connectivity index (χ3n) is 4.30. The summed E-state index contributed by atoms with van der Waals surface area (Å²) in [6.07, 6.45) is 0. The van der Waals surface area contributed by atoms with Crippen molar-refractivity contribution in [2.24, 2.45) is 0 Å². The molecule has 1 aromatic heterocycles. The molecule has 128 valence electrons. The van der Waals surface area contributed by atoms with Crippen LogP contribution in [-0.2, 0) is 13.1 Å². The van der Waals surface area contributed by atoms with Gasteiger partial charge in [0.15, 0.2) is 5.82 Å². The van der Waals surface area contributed by atoms with Crippen molar-refractivity contribution in [2.75, 3.05) is 33.2 Å². The number of piperazine rings is 1. The lowest BCUT2D eigenvalue weighted by Crippen LogP contribution is -2.45. The smallest absolute Gasteiger partial charge is 0.251 e. The molecule has 1 aliphatic heterocycles. The molecule has 2 N–H and O–H groups in total. The van der Waals surface area contributed by atoms with Crippen LogP contribution in [0.4, 0.5) is 0 Å². The highest BCUT2D eigenvalue weighted by Crippen LogP contribution is 2.12. The van der Waals surface area contributed by atoms with Gasteiger partial charge in [-0.15, -0.1) is 0 Å². The molecule has 1 aliphatic rings. The molecule has 2 aromatic rings. The molecule has 3 rings (SSSR count). The molecule has 0 atom stereocenters. The zero-order valence-corrected chi connectivity index (χ0v) is 14.2. The van der Waals surface area contributed by atoms with Gasteiger partial charge in [-0.25, -0.2) is 4.98 Å². The summed E-state index contributed by atoms with van der Waals surface area (Å²) in [5.74, 6) is 1.68. The predicted octanol–water partition coefficient (Wildman–Crippen LogP) is 0.791. The van der Waals surface area contributed by atoms with Gasteiger partial charge in [0.1, 0.15) is 5.82 Å². The van der Waals surface area contributed by atoms with Gasteiger partial charge in [-0.1, -0.05) is 12.1 Å². The quantitative estimate of drug-likeness (QED) is 0.849. The number of carbonyl (C=O) groups is 1. The lowest BCUT2D eigenvalue weighted by molar-refractivity contribution is 0.0962. The van der Waals surface area contributed by atoms with Gasteiger partial charge in [-0.05, 0) is 24.6 Å². The minimum Gasteiger partial charge on any atom is -0.355 e. The van der Waals surface area contributed by atoms with Crippen molar-refractivity contribution in [1.29, 1.82) is 0 Å². The molecule has 0 spiro atoms. The largest absolute Gasteiger partial charge is 0.355 e. The highest BCUT2D eigenvalue weighted by atomic mass is 16.1. The second-order valence-corrected chi connectivity index (χ2v) is 6.17. The van der Waals surface area contributed by atoms with Crippen molar-refractivity contribution in [2.45, 2.75) is 20.0 Å². The lowest BCUT2D eigenvalue weighted by atomic mass is 10.1. The van der Waals surface area contributed by atoms with Gasteiger partial charge in [0, 0.05) is 45.3 Å². The summed E-state index contributed by atoms with van der Waals surface area (Å²) in [7, 11) is 1.66. The SMILES string of the molecule is CNC(=O)c1cccc(CN2CCN(Cc3n[nH]c(C)n3)CC2)c1. The van der Waals surface area contributed by atoms with Crippen LogP contribution in [0.5, 0.6) is 0 Å². The highest BCUT2D eigenvalue weighted by molar-refractivity contribution is 5.94. The molecular weight excluding hydrogens is 304 g/mol. The molecule has 1 amide bonds. The maximum atomic E-state index is 11.7. The number of carbonyl (C=O) groups excluding carboxylic acids is 1. The number of nitrogens with one attached hydrogen (secondary N) is 2. The fourth-order valence-corrected chi connectivity index (χ4v) is 2.98. The fourth-order valence-electron chi connectivity index (χ4n) is 2.98. The molecule has 0 radical (unpaired) electrons. The van der Waals surface area contributed by atoms with E-state index in [1.165, 1.54) is 5.56 Å². The average Bonchev–Trinajstić information content (AvgIpc) is 3.01. The Labute approximate surface area is 142 Å². The van der Waals surface area contributed by atoms with E-state index in [-0.39, 0.29) is 5.91 Å². The Morgan fingerprint density at radius 2 is 1.92 bits per heavy atom. The molecule has 0 saturated carbocycles. The van der Waals surface area contributed by atoms with Gasteiger partial charge in [0.05, 0.1) is 6.54 Å². The van der Waals surface area contributed by atoms with Gasteiger partial charge < -0.3 is 5.32 Å². The zero-order valence-electron chi connectivity index (χ0n) is 14.2. The van der Waals surface area contributed by atoms with Crippen LogP contribution >= 0.6 is 0 Å². The number of nitrogens with zero attached hydrogens (tertiary/aromatic N) is 4. The minimum absolute atomic E-state index is 0.0385. The summed E-state index contributed by atoms with van der Waals surface area (Å²) < 4.78 is 0. The standard InChI is InChI=1S/C17H24N6O/c1-13-19-16(21-20-13)12-23-8-6-22(7-9-23)11-14-4-3-5-15(10-14)17(24)18-2/h3-5,10H,6-9,11-12H2,1-2H3,(H,18,24)(H,19,20,21). The minimum atomic E-state index is -0.0385. The third kappa shape index (κ3) is 4.18. The average molecular weight is 328 g/mol. The number of hydrogen-bond acceptors (Lipinski definition) is 5. The third-order valence-corrected chi connectivity index (χ3v) is 4.30. The summed E-state index contributed by atoms with van der Waals surface area (Å²) in [5, 5.41) is 9.76. The van der Waals surface area contributed by atoms with Gasteiger partial charge in [0.2, 0.25) is 0 Å². The van der Waals surface area contributed by atoms with Crippen LogP contribution in [0.3, 0.4) is 0 Å². The van der Waals surface area contributed by atoms with Gasteiger partial charge >= 0.3 is 0 Å². The molecule has 0 unspecified atom stereocenters. The van der Waals surface area contributed by atoms with E-state index >= 15 is 0 Å². The van der Waals surface area contributed by atoms with E-state index in [1.54, 1.807) is 7.05 Å². The second kappa shape index (κ2) is 7.55. The molecule has 2 heterocycles. The molecule has 1 aromatic carbocycles. The normalized spacial score (nSPS) is 16.2. The summed E-state index contributed by atoms with van der Waals surface area (Å²) in [4.78, 5) is 20.9. The fraction of sp³-hybridized carbons (Fsp3) is 0.471. The number of H-pyrrole nitrogens is 1. The second-order valence-electron chi connectivity index (χ2n) is 6.17.